The van der Waals surface area contributed by atoms with E-state index in [1.165, 1.54) is 0 Å². The van der Waals surface area contributed by atoms with Gasteiger partial charge in [-0.25, -0.2) is 0 Å². The quantitative estimate of drug-likeness (QED) is 0.308. The molecule has 2 aromatic carbocycles. The van der Waals surface area contributed by atoms with Gasteiger partial charge in [0.05, 0.1) is 11.0 Å². The summed E-state index contributed by atoms with van der Waals surface area (Å²) >= 11 is 0. The van der Waals surface area contributed by atoms with E-state index in [0.29, 0.717) is 21.8 Å². The number of azo groups is 2. The first-order valence-corrected chi connectivity index (χ1v) is 8.05. The third-order valence-corrected chi connectivity index (χ3v) is 3.98. The lowest BCUT2D eigenvalue weighted by Crippen LogP contribution is -2.06. The average molecular weight is 376 g/mol. The lowest BCUT2D eigenvalue weighted by molar-refractivity contribution is -0.135. The van der Waals surface area contributed by atoms with Gasteiger partial charge in [-0.3, -0.25) is 9.59 Å². The summed E-state index contributed by atoms with van der Waals surface area (Å²) in [6.07, 6.45) is 0. The van der Waals surface area contributed by atoms with Crippen LogP contribution in [0.15, 0.2) is 69.0 Å². The molecule has 0 bridgehead atoms. The number of amides is 2. The third-order valence-electron chi connectivity index (χ3n) is 3.98. The van der Waals surface area contributed by atoms with Crippen LogP contribution in [-0.4, -0.2) is 32.0 Å². The second-order valence-electron chi connectivity index (χ2n) is 5.75. The third kappa shape index (κ3) is 2.98. The second-order valence-corrected chi connectivity index (χ2v) is 5.75. The molecular formula is C18H12N6O4. The highest BCUT2D eigenvalue weighted by atomic mass is 16.3. The molecular weight excluding hydrogens is 364 g/mol. The Balaban J connectivity index is 1.55. The van der Waals surface area contributed by atoms with Crippen molar-refractivity contribution in [2.24, 2.45) is 20.5 Å². The predicted molar refractivity (Wildman–Crippen MR) is 99.0 cm³/mol. The number of benzene rings is 2. The number of para-hydroxylation sites is 2. The summed E-state index contributed by atoms with van der Waals surface area (Å²) in [5.41, 5.74) is 1.26. The fraction of sp³-hybridized carbons (Fsp3) is 0. The van der Waals surface area contributed by atoms with Crippen molar-refractivity contribution >= 4 is 45.0 Å². The van der Waals surface area contributed by atoms with Crippen molar-refractivity contribution in [3.8, 4) is 11.8 Å². The van der Waals surface area contributed by atoms with Crippen LogP contribution in [0.5, 0.6) is 11.8 Å². The number of fused-ring (bicyclic) bond motifs is 2. The van der Waals surface area contributed by atoms with E-state index in [4.69, 9.17) is 0 Å². The van der Waals surface area contributed by atoms with Crippen LogP contribution in [0.1, 0.15) is 0 Å². The highest BCUT2D eigenvalue weighted by Crippen LogP contribution is 2.36. The highest BCUT2D eigenvalue weighted by Gasteiger charge is 2.16. The number of rotatable bonds is 2. The maximum atomic E-state index is 11.9. The number of carbonyl (C=O) groups excluding carboxylic acids is 2. The summed E-state index contributed by atoms with van der Waals surface area (Å²) in [4.78, 5) is 29.1. The summed E-state index contributed by atoms with van der Waals surface area (Å²) in [6, 6.07) is 13.7. The topological polar surface area (TPSA) is 156 Å². The lowest BCUT2D eigenvalue weighted by Gasteiger charge is -1.91. The Morgan fingerprint density at radius 2 is 1.07 bits per heavy atom. The summed E-state index contributed by atoms with van der Waals surface area (Å²) in [6.45, 7) is 0. The van der Waals surface area contributed by atoms with Crippen LogP contribution in [-0.2, 0) is 9.59 Å². The summed E-state index contributed by atoms with van der Waals surface area (Å²) < 4.78 is 0. The van der Waals surface area contributed by atoms with E-state index in [0.717, 1.165) is 0 Å². The molecule has 2 aromatic heterocycles. The van der Waals surface area contributed by atoms with Gasteiger partial charge >= 0.3 is 11.8 Å². The molecule has 2 amide bonds. The minimum atomic E-state index is -1.27. The van der Waals surface area contributed by atoms with Crippen LogP contribution >= 0.6 is 0 Å². The van der Waals surface area contributed by atoms with E-state index in [2.05, 4.69) is 30.4 Å². The van der Waals surface area contributed by atoms with Crippen LogP contribution in [0.2, 0.25) is 0 Å². The molecule has 4 rings (SSSR count). The standard InChI is InChI=1S/C18H12N6O4/c25-15-13(9-5-1-3-7-11(9)19-15)21-23-17(27)18(28)24-22-14-10-6-2-4-8-12(10)20-16(14)26/h1-8,19-20,25-26H. The Morgan fingerprint density at radius 1 is 0.679 bits per heavy atom. The van der Waals surface area contributed by atoms with Gasteiger partial charge in [0.1, 0.15) is 0 Å². The van der Waals surface area contributed by atoms with Gasteiger partial charge in [-0.2, -0.15) is 0 Å². The predicted octanol–water partition coefficient (Wildman–Crippen LogP) is 3.98. The summed E-state index contributed by atoms with van der Waals surface area (Å²) in [5, 5.41) is 34.7. The zero-order chi connectivity index (χ0) is 19.7. The van der Waals surface area contributed by atoms with E-state index < -0.39 is 11.8 Å². The van der Waals surface area contributed by atoms with E-state index in [9.17, 15) is 19.8 Å². The molecule has 0 aliphatic carbocycles. The first kappa shape index (κ1) is 17.1. The first-order chi connectivity index (χ1) is 13.5. The van der Waals surface area contributed by atoms with Gasteiger partial charge in [0, 0.05) is 10.8 Å². The fourth-order valence-corrected chi connectivity index (χ4v) is 2.70. The van der Waals surface area contributed by atoms with E-state index >= 15 is 0 Å². The van der Waals surface area contributed by atoms with E-state index in [-0.39, 0.29) is 23.1 Å². The summed E-state index contributed by atoms with van der Waals surface area (Å²) in [7, 11) is 0. The normalized spacial score (nSPS) is 11.9. The Kier molecular flexibility index (Phi) is 4.13. The molecule has 0 aliphatic rings. The van der Waals surface area contributed by atoms with Crippen molar-refractivity contribution in [3.63, 3.8) is 0 Å². The molecule has 0 fully saturated rings. The van der Waals surface area contributed by atoms with Crippen molar-refractivity contribution in [3.05, 3.63) is 48.5 Å². The van der Waals surface area contributed by atoms with Crippen LogP contribution in [0.25, 0.3) is 21.8 Å². The molecule has 0 unspecified atom stereocenters. The van der Waals surface area contributed by atoms with E-state index in [1.54, 1.807) is 48.5 Å². The van der Waals surface area contributed by atoms with Gasteiger partial charge in [-0.05, 0) is 12.1 Å². The molecule has 0 aliphatic heterocycles. The number of nitrogens with one attached hydrogen (secondary N) is 2. The number of nitrogens with zero attached hydrogens (tertiary/aromatic N) is 4. The van der Waals surface area contributed by atoms with Crippen molar-refractivity contribution in [1.29, 1.82) is 0 Å². The number of aromatic nitrogens is 2. The van der Waals surface area contributed by atoms with Crippen molar-refractivity contribution in [2.45, 2.75) is 0 Å². The van der Waals surface area contributed by atoms with Gasteiger partial charge in [-0.15, -0.1) is 20.5 Å². The van der Waals surface area contributed by atoms with Crippen molar-refractivity contribution in [2.75, 3.05) is 0 Å². The van der Waals surface area contributed by atoms with Gasteiger partial charge in [0.2, 0.25) is 11.8 Å². The average Bonchev–Trinajstić information content (AvgIpc) is 3.19. The molecule has 10 heteroatoms. The number of hydrogen-bond donors (Lipinski definition) is 4. The minimum absolute atomic E-state index is 0.0305. The van der Waals surface area contributed by atoms with Gasteiger partial charge in [0.15, 0.2) is 11.4 Å². The molecule has 0 saturated carbocycles. The molecule has 4 aromatic rings. The van der Waals surface area contributed by atoms with Gasteiger partial charge in [0.25, 0.3) is 0 Å². The Labute approximate surface area is 156 Å². The minimum Gasteiger partial charge on any atom is -0.493 e. The van der Waals surface area contributed by atoms with Gasteiger partial charge in [-0.1, -0.05) is 36.4 Å². The van der Waals surface area contributed by atoms with Crippen molar-refractivity contribution < 1.29 is 19.8 Å². The molecule has 10 nitrogen and oxygen atoms in total. The monoisotopic (exact) mass is 376 g/mol. The molecule has 138 valence electrons. The molecule has 28 heavy (non-hydrogen) atoms. The molecule has 0 atom stereocenters. The number of hydrogen-bond acceptors (Lipinski definition) is 6. The van der Waals surface area contributed by atoms with Crippen LogP contribution in [0, 0.1) is 0 Å². The largest absolute Gasteiger partial charge is 0.493 e. The highest BCUT2D eigenvalue weighted by molar-refractivity contribution is 6.35. The van der Waals surface area contributed by atoms with Crippen LogP contribution in [0.4, 0.5) is 11.4 Å². The number of aromatic hydroxyl groups is 2. The number of carbonyl (C=O) groups is 2. The number of H-pyrrole nitrogens is 2. The van der Waals surface area contributed by atoms with Crippen LogP contribution < -0.4 is 0 Å². The van der Waals surface area contributed by atoms with Crippen molar-refractivity contribution in [1.82, 2.24) is 9.97 Å². The van der Waals surface area contributed by atoms with E-state index in [1.807, 2.05) is 0 Å². The first-order valence-electron chi connectivity index (χ1n) is 8.05. The van der Waals surface area contributed by atoms with Crippen LogP contribution in [0.3, 0.4) is 0 Å². The molecule has 2 heterocycles. The molecule has 0 spiro atoms. The SMILES string of the molecule is O=C(N=Nc1c(O)[nH]c2ccccc12)C(=O)N=Nc1c(O)[nH]c2ccccc12. The smallest absolute Gasteiger partial charge is 0.357 e. The molecule has 4 N–H and O–H groups in total. The zero-order valence-electron chi connectivity index (χ0n) is 14.1. The van der Waals surface area contributed by atoms with Gasteiger partial charge < -0.3 is 20.2 Å². The zero-order valence-corrected chi connectivity index (χ0v) is 14.1. The maximum absolute atomic E-state index is 11.9. The Bertz CT molecular complexity index is 1180. The summed E-state index contributed by atoms with van der Waals surface area (Å²) in [5.74, 6) is -3.10. The maximum Gasteiger partial charge on any atom is 0.357 e. The molecule has 0 radical (unpaired) electrons. The lowest BCUT2D eigenvalue weighted by atomic mass is 10.2. The second kappa shape index (κ2) is 6.76. The molecule has 0 saturated heterocycles. The number of aromatic amines is 2. The Hall–Kier alpha value is -4.34. The Morgan fingerprint density at radius 3 is 1.50 bits per heavy atom. The fourth-order valence-electron chi connectivity index (χ4n) is 2.70.